The topological polar surface area (TPSA) is 147 Å². The van der Waals surface area contributed by atoms with E-state index >= 15 is 0 Å². The Morgan fingerprint density at radius 3 is 2.70 bits per heavy atom. The molecule has 3 aromatic heterocycles. The zero-order valence-electron chi connectivity index (χ0n) is 19.6. The van der Waals surface area contributed by atoms with Crippen LogP contribution in [0.25, 0.3) is 11.0 Å². The van der Waals surface area contributed by atoms with Gasteiger partial charge in [-0.25, -0.2) is 4.79 Å². The summed E-state index contributed by atoms with van der Waals surface area (Å²) in [7, 11) is 3.50. The minimum Gasteiger partial charge on any atom is -0.477 e. The van der Waals surface area contributed by atoms with E-state index in [4.69, 9.17) is 31.0 Å². The maximum Gasteiger partial charge on any atom is 0.490 e. The van der Waals surface area contributed by atoms with Gasteiger partial charge < -0.3 is 29.8 Å². The van der Waals surface area contributed by atoms with Gasteiger partial charge in [0.2, 0.25) is 11.8 Å². The summed E-state index contributed by atoms with van der Waals surface area (Å²) in [5.74, 6) is -1.90. The van der Waals surface area contributed by atoms with Crippen LogP contribution in [0, 0.1) is 5.92 Å². The molecule has 4 rings (SSSR count). The molecular weight excluding hydrogens is 523 g/mol. The number of hydrogen-bond donors (Lipinski definition) is 3. The number of aromatic amines is 1. The van der Waals surface area contributed by atoms with Crippen molar-refractivity contribution in [1.82, 2.24) is 29.6 Å². The lowest BCUT2D eigenvalue weighted by molar-refractivity contribution is -0.192. The summed E-state index contributed by atoms with van der Waals surface area (Å²) in [6.07, 6.45) is 4.04. The highest BCUT2D eigenvalue weighted by Gasteiger charge is 2.38. The van der Waals surface area contributed by atoms with Gasteiger partial charge in [-0.2, -0.15) is 28.2 Å². The molecule has 1 aliphatic rings. The first-order valence-electron chi connectivity index (χ1n) is 10.6. The van der Waals surface area contributed by atoms with E-state index in [1.54, 1.807) is 30.4 Å². The normalized spacial score (nSPS) is 17.6. The molecule has 3 N–H and O–H groups in total. The van der Waals surface area contributed by atoms with Crippen molar-refractivity contribution < 1.29 is 37.3 Å². The third-order valence-electron chi connectivity index (χ3n) is 5.18. The molecule has 1 aliphatic heterocycles. The molecule has 0 unspecified atom stereocenters. The number of halogens is 4. The van der Waals surface area contributed by atoms with Gasteiger partial charge in [0, 0.05) is 51.8 Å². The molecule has 0 aliphatic carbocycles. The number of rotatable bonds is 8. The van der Waals surface area contributed by atoms with Crippen LogP contribution >= 0.6 is 11.6 Å². The summed E-state index contributed by atoms with van der Waals surface area (Å²) in [4.78, 5) is 33.5. The summed E-state index contributed by atoms with van der Waals surface area (Å²) < 4.78 is 45.1. The van der Waals surface area contributed by atoms with Crippen molar-refractivity contribution in [3.05, 3.63) is 35.9 Å². The monoisotopic (exact) mass is 545 g/mol. The molecule has 0 saturated carbocycles. The molecule has 2 atom stereocenters. The number of ether oxygens (including phenoxy) is 2. The Balaban J connectivity index is 0.000000479. The van der Waals surface area contributed by atoms with Crippen molar-refractivity contribution in [2.75, 3.05) is 32.1 Å². The summed E-state index contributed by atoms with van der Waals surface area (Å²) in [6.45, 7) is 1.77. The Hall–Kier alpha value is -3.85. The number of nitrogens with one attached hydrogen (secondary N) is 2. The molecule has 0 spiro atoms. The van der Waals surface area contributed by atoms with Crippen LogP contribution in [0.1, 0.15) is 0 Å². The number of allylic oxidation sites excluding steroid dienone is 1. The van der Waals surface area contributed by atoms with Crippen LogP contribution < -0.4 is 10.1 Å². The van der Waals surface area contributed by atoms with Gasteiger partial charge in [0.25, 0.3) is 0 Å². The van der Waals surface area contributed by atoms with E-state index in [1.807, 2.05) is 18.1 Å². The Bertz CT molecular complexity index is 1260. The van der Waals surface area contributed by atoms with E-state index < -0.39 is 12.1 Å². The molecule has 12 nitrogen and oxygen atoms in total. The van der Waals surface area contributed by atoms with Crippen LogP contribution in [-0.2, 0) is 21.4 Å². The lowest BCUT2D eigenvalue weighted by atomic mass is 10.1. The van der Waals surface area contributed by atoms with Gasteiger partial charge in [-0.15, -0.1) is 0 Å². The van der Waals surface area contributed by atoms with Gasteiger partial charge >= 0.3 is 12.1 Å². The second-order valence-electron chi connectivity index (χ2n) is 7.82. The standard InChI is InChI=1S/C19H22ClN7O3.C2HF3O2/c1-26-9-13(6-22-26)23-19-24-17-16(14(20)7-21-17)18(25-19)30-11-12-8-27(4-3-5-28)10-15(12)29-2;3-2(4,5)1(6)7/h3-7,9,12,15H,8,10-11H2,1-2H3,(H2,21,23,24,25);(H,6,7)/t12-,15+;/m1./s1. The Labute approximate surface area is 213 Å². The lowest BCUT2D eigenvalue weighted by Gasteiger charge is -2.17. The van der Waals surface area contributed by atoms with Crippen molar-refractivity contribution in [2.24, 2.45) is 13.0 Å². The Kier molecular flexibility index (Phi) is 8.94. The fraction of sp³-hybridized carbons (Fsp3) is 0.381. The maximum atomic E-state index is 10.6. The number of carboxylic acid groups (broad SMARTS) is 1. The number of methoxy groups -OCH3 is 1. The fourth-order valence-corrected chi connectivity index (χ4v) is 3.73. The Morgan fingerprint density at radius 2 is 2.11 bits per heavy atom. The van der Waals surface area contributed by atoms with Gasteiger partial charge in [-0.3, -0.25) is 9.48 Å². The predicted molar refractivity (Wildman–Crippen MR) is 126 cm³/mol. The number of likely N-dealkylation sites (tertiary alicyclic amines) is 1. The lowest BCUT2D eigenvalue weighted by Crippen LogP contribution is -2.26. The van der Waals surface area contributed by atoms with Gasteiger partial charge in [0.15, 0.2) is 0 Å². The first-order chi connectivity index (χ1) is 17.5. The molecule has 0 bridgehead atoms. The van der Waals surface area contributed by atoms with Gasteiger partial charge in [0.05, 0.1) is 35.0 Å². The highest BCUT2D eigenvalue weighted by atomic mass is 35.5. The van der Waals surface area contributed by atoms with Gasteiger partial charge in [0.1, 0.15) is 11.9 Å². The molecule has 0 aromatic carbocycles. The van der Waals surface area contributed by atoms with Crippen LogP contribution in [-0.4, -0.2) is 86.1 Å². The molecule has 1 fully saturated rings. The number of aldehydes is 1. The van der Waals surface area contributed by atoms with Crippen molar-refractivity contribution in [2.45, 2.75) is 12.3 Å². The number of hydrogen-bond acceptors (Lipinski definition) is 9. The Morgan fingerprint density at radius 1 is 1.38 bits per heavy atom. The maximum absolute atomic E-state index is 10.6. The van der Waals surface area contributed by atoms with Crippen molar-refractivity contribution in [1.29, 1.82) is 0 Å². The number of aliphatic carboxylic acids is 1. The number of carbonyl (C=O) groups is 2. The van der Waals surface area contributed by atoms with E-state index in [0.29, 0.717) is 47.6 Å². The van der Waals surface area contributed by atoms with E-state index in [9.17, 15) is 18.0 Å². The zero-order chi connectivity index (χ0) is 27.2. The number of fused-ring (bicyclic) bond motifs is 1. The largest absolute Gasteiger partial charge is 0.490 e. The molecule has 0 radical (unpaired) electrons. The first-order valence-corrected chi connectivity index (χ1v) is 11.0. The van der Waals surface area contributed by atoms with E-state index in [1.165, 1.54) is 6.08 Å². The summed E-state index contributed by atoms with van der Waals surface area (Å²) >= 11 is 6.33. The number of H-pyrrole nitrogens is 1. The van der Waals surface area contributed by atoms with Crippen molar-refractivity contribution >= 4 is 46.5 Å². The van der Waals surface area contributed by atoms with Crippen LogP contribution in [0.4, 0.5) is 24.8 Å². The fourth-order valence-electron chi connectivity index (χ4n) is 3.50. The van der Waals surface area contributed by atoms with Gasteiger partial charge in [-0.05, 0) is 6.08 Å². The second kappa shape index (κ2) is 11.9. The van der Waals surface area contributed by atoms with Crippen LogP contribution in [0.15, 0.2) is 30.9 Å². The molecule has 4 heterocycles. The highest BCUT2D eigenvalue weighted by molar-refractivity contribution is 6.35. The van der Waals surface area contributed by atoms with Gasteiger partial charge in [-0.1, -0.05) is 11.6 Å². The second-order valence-corrected chi connectivity index (χ2v) is 8.23. The molecule has 16 heteroatoms. The van der Waals surface area contributed by atoms with E-state index in [2.05, 4.69) is 25.4 Å². The molecule has 37 heavy (non-hydrogen) atoms. The molecule has 0 amide bonds. The van der Waals surface area contributed by atoms with Crippen LogP contribution in [0.2, 0.25) is 5.02 Å². The van der Waals surface area contributed by atoms with Crippen LogP contribution in [0.3, 0.4) is 0 Å². The van der Waals surface area contributed by atoms with Crippen LogP contribution in [0.5, 0.6) is 5.88 Å². The highest BCUT2D eigenvalue weighted by Crippen LogP contribution is 2.32. The number of aryl methyl sites for hydroxylation is 1. The zero-order valence-corrected chi connectivity index (χ0v) is 20.3. The third-order valence-corrected chi connectivity index (χ3v) is 5.47. The van der Waals surface area contributed by atoms with Crippen molar-refractivity contribution in [3.8, 4) is 5.88 Å². The van der Waals surface area contributed by atoms with E-state index in [-0.39, 0.29) is 12.0 Å². The molecule has 3 aromatic rings. The third kappa shape index (κ3) is 7.33. The molecule has 200 valence electrons. The number of alkyl halides is 3. The molecule has 1 saturated heterocycles. The summed E-state index contributed by atoms with van der Waals surface area (Å²) in [5, 5.41) is 15.5. The minimum atomic E-state index is -5.08. The van der Waals surface area contributed by atoms with Crippen molar-refractivity contribution in [3.63, 3.8) is 0 Å². The number of carbonyl (C=O) groups excluding carboxylic acids is 1. The average Bonchev–Trinajstić information content (AvgIpc) is 3.54. The predicted octanol–water partition coefficient (Wildman–Crippen LogP) is 2.76. The number of nitrogens with zero attached hydrogens (tertiary/aromatic N) is 5. The smallest absolute Gasteiger partial charge is 0.477 e. The number of aromatic nitrogens is 5. The minimum absolute atomic E-state index is 0.0201. The number of anilines is 2. The first kappa shape index (κ1) is 27.7. The average molecular weight is 546 g/mol. The summed E-state index contributed by atoms with van der Waals surface area (Å²) in [5.41, 5.74) is 1.33. The summed E-state index contributed by atoms with van der Waals surface area (Å²) in [6, 6.07) is 0. The SMILES string of the molecule is CO[C@H]1CN(C=CC=O)C[C@@H]1COc1nc(Nc2cnn(C)c2)nc2[nH]cc(Cl)c12.O=C(O)C(F)(F)F. The van der Waals surface area contributed by atoms with E-state index in [0.717, 1.165) is 12.0 Å². The quantitative estimate of drug-likeness (QED) is 0.285. The molecular formula is C21H23ClF3N7O5. The number of carboxylic acids is 1.